The van der Waals surface area contributed by atoms with Crippen LogP contribution in [0.2, 0.25) is 0 Å². The molecule has 2 atom stereocenters. The fraction of sp³-hybridized carbons (Fsp3) is 1.00. The van der Waals surface area contributed by atoms with E-state index in [0.717, 1.165) is 25.7 Å². The highest BCUT2D eigenvalue weighted by Gasteiger charge is 2.17. The van der Waals surface area contributed by atoms with E-state index in [1.165, 1.54) is 0 Å². The van der Waals surface area contributed by atoms with E-state index in [1.807, 2.05) is 6.92 Å². The second-order valence-corrected chi connectivity index (χ2v) is 7.03. The molecule has 0 spiro atoms. The van der Waals surface area contributed by atoms with Crippen LogP contribution in [-0.2, 0) is 9.84 Å². The molecule has 0 aliphatic heterocycles. The van der Waals surface area contributed by atoms with E-state index in [0.29, 0.717) is 18.1 Å². The van der Waals surface area contributed by atoms with Crippen LogP contribution in [-0.4, -0.2) is 26.0 Å². The van der Waals surface area contributed by atoms with E-state index in [1.54, 1.807) is 0 Å². The van der Waals surface area contributed by atoms with Crippen molar-refractivity contribution < 1.29 is 8.42 Å². The van der Waals surface area contributed by atoms with Crippen molar-refractivity contribution in [3.63, 3.8) is 0 Å². The third-order valence-corrected chi connectivity index (χ3v) is 4.75. The van der Waals surface area contributed by atoms with Crippen molar-refractivity contribution in [1.29, 1.82) is 0 Å². The standard InChI is InChI=1S/C12H27NO2S/c1-4-6-7-12(5-2)10-16(14,15)9-8-11(3)13/h11-12H,4-10,13H2,1-3H3. The highest BCUT2D eigenvalue weighted by atomic mass is 32.2. The van der Waals surface area contributed by atoms with Crippen molar-refractivity contribution in [2.45, 2.75) is 58.9 Å². The average Bonchev–Trinajstić information content (AvgIpc) is 2.21. The molecule has 0 aromatic rings. The zero-order valence-corrected chi connectivity index (χ0v) is 11.7. The fourth-order valence-corrected chi connectivity index (χ4v) is 3.72. The molecule has 0 heterocycles. The Bertz CT molecular complexity index is 260. The van der Waals surface area contributed by atoms with Crippen LogP contribution in [0.3, 0.4) is 0 Å². The largest absolute Gasteiger partial charge is 0.328 e. The summed E-state index contributed by atoms with van der Waals surface area (Å²) < 4.78 is 23.6. The number of nitrogens with two attached hydrogens (primary N) is 1. The van der Waals surface area contributed by atoms with Crippen LogP contribution in [0.15, 0.2) is 0 Å². The average molecular weight is 249 g/mol. The summed E-state index contributed by atoms with van der Waals surface area (Å²) in [5.41, 5.74) is 5.58. The quantitative estimate of drug-likeness (QED) is 0.682. The summed E-state index contributed by atoms with van der Waals surface area (Å²) >= 11 is 0. The van der Waals surface area contributed by atoms with Gasteiger partial charge in [-0.25, -0.2) is 8.42 Å². The minimum atomic E-state index is -2.90. The Kier molecular flexibility index (Phi) is 8.02. The van der Waals surface area contributed by atoms with Gasteiger partial charge in [0.1, 0.15) is 0 Å². The zero-order valence-electron chi connectivity index (χ0n) is 10.9. The molecule has 2 N–H and O–H groups in total. The maximum absolute atomic E-state index is 11.8. The van der Waals surface area contributed by atoms with Gasteiger partial charge in [0.05, 0.1) is 11.5 Å². The molecule has 16 heavy (non-hydrogen) atoms. The molecule has 0 radical (unpaired) electrons. The zero-order chi connectivity index (χ0) is 12.6. The Morgan fingerprint density at radius 2 is 1.81 bits per heavy atom. The first-order chi connectivity index (χ1) is 7.41. The Hall–Kier alpha value is -0.0900. The van der Waals surface area contributed by atoms with Crippen LogP contribution < -0.4 is 5.73 Å². The molecule has 0 saturated carbocycles. The number of hydrogen-bond acceptors (Lipinski definition) is 3. The lowest BCUT2D eigenvalue weighted by Crippen LogP contribution is -2.24. The van der Waals surface area contributed by atoms with Crippen molar-refractivity contribution in [1.82, 2.24) is 0 Å². The SMILES string of the molecule is CCCCC(CC)CS(=O)(=O)CCC(C)N. The maximum Gasteiger partial charge on any atom is 0.150 e. The van der Waals surface area contributed by atoms with Gasteiger partial charge in [-0.2, -0.15) is 0 Å². The Morgan fingerprint density at radius 3 is 2.25 bits per heavy atom. The van der Waals surface area contributed by atoms with Crippen molar-refractivity contribution in [2.24, 2.45) is 11.7 Å². The lowest BCUT2D eigenvalue weighted by molar-refractivity contribution is 0.482. The molecular formula is C12H27NO2S. The third kappa shape index (κ3) is 8.11. The summed E-state index contributed by atoms with van der Waals surface area (Å²) in [5, 5.41) is 0. The summed E-state index contributed by atoms with van der Waals surface area (Å²) in [6.45, 7) is 6.06. The molecular weight excluding hydrogens is 222 g/mol. The first-order valence-corrected chi connectivity index (χ1v) is 8.19. The van der Waals surface area contributed by atoms with Crippen molar-refractivity contribution in [2.75, 3.05) is 11.5 Å². The van der Waals surface area contributed by atoms with Gasteiger partial charge in [0.2, 0.25) is 0 Å². The molecule has 0 bridgehead atoms. The van der Waals surface area contributed by atoms with Crippen LogP contribution in [0.1, 0.15) is 52.9 Å². The van der Waals surface area contributed by atoms with E-state index in [-0.39, 0.29) is 11.8 Å². The topological polar surface area (TPSA) is 60.2 Å². The van der Waals surface area contributed by atoms with Crippen LogP contribution in [0.4, 0.5) is 0 Å². The Labute approximate surface area is 101 Å². The van der Waals surface area contributed by atoms with E-state index >= 15 is 0 Å². The van der Waals surface area contributed by atoms with Crippen LogP contribution in [0.25, 0.3) is 0 Å². The fourth-order valence-electron chi connectivity index (χ4n) is 1.71. The number of hydrogen-bond donors (Lipinski definition) is 1. The summed E-state index contributed by atoms with van der Waals surface area (Å²) in [4.78, 5) is 0. The van der Waals surface area contributed by atoms with Gasteiger partial charge in [0.25, 0.3) is 0 Å². The van der Waals surface area contributed by atoms with Gasteiger partial charge in [-0.15, -0.1) is 0 Å². The first kappa shape index (κ1) is 15.9. The normalized spacial score (nSPS) is 16.0. The number of unbranched alkanes of at least 4 members (excludes halogenated alkanes) is 1. The van der Waals surface area contributed by atoms with E-state index in [2.05, 4.69) is 13.8 Å². The molecule has 0 aromatic heterocycles. The smallest absolute Gasteiger partial charge is 0.150 e. The summed E-state index contributed by atoms with van der Waals surface area (Å²) in [5.74, 6) is 0.918. The third-order valence-electron chi connectivity index (χ3n) is 2.92. The molecule has 3 nitrogen and oxygen atoms in total. The van der Waals surface area contributed by atoms with Crippen molar-refractivity contribution in [3.8, 4) is 0 Å². The molecule has 0 aromatic carbocycles. The lowest BCUT2D eigenvalue weighted by Gasteiger charge is -2.15. The van der Waals surface area contributed by atoms with Gasteiger partial charge in [-0.05, 0) is 25.7 Å². The van der Waals surface area contributed by atoms with Gasteiger partial charge in [-0.1, -0.05) is 33.1 Å². The van der Waals surface area contributed by atoms with Crippen molar-refractivity contribution >= 4 is 9.84 Å². The first-order valence-electron chi connectivity index (χ1n) is 6.37. The summed E-state index contributed by atoms with van der Waals surface area (Å²) in [6, 6.07) is -0.0227. The van der Waals surface area contributed by atoms with Crippen LogP contribution >= 0.6 is 0 Å². The number of sulfone groups is 1. The van der Waals surface area contributed by atoms with Gasteiger partial charge in [0, 0.05) is 6.04 Å². The minimum absolute atomic E-state index is 0.0227. The maximum atomic E-state index is 11.8. The van der Waals surface area contributed by atoms with E-state index in [9.17, 15) is 8.42 Å². The van der Waals surface area contributed by atoms with Gasteiger partial charge < -0.3 is 5.73 Å². The molecule has 0 aliphatic carbocycles. The monoisotopic (exact) mass is 249 g/mol. The van der Waals surface area contributed by atoms with Crippen LogP contribution in [0.5, 0.6) is 0 Å². The second-order valence-electron chi connectivity index (χ2n) is 4.80. The van der Waals surface area contributed by atoms with Gasteiger partial charge in [-0.3, -0.25) is 0 Å². The molecule has 0 saturated heterocycles. The Morgan fingerprint density at radius 1 is 1.19 bits per heavy atom. The van der Waals surface area contributed by atoms with Gasteiger partial charge >= 0.3 is 0 Å². The van der Waals surface area contributed by atoms with Crippen molar-refractivity contribution in [3.05, 3.63) is 0 Å². The highest BCUT2D eigenvalue weighted by Crippen LogP contribution is 2.15. The molecule has 98 valence electrons. The minimum Gasteiger partial charge on any atom is -0.328 e. The summed E-state index contributed by atoms with van der Waals surface area (Å²) in [6.07, 6.45) is 4.83. The molecule has 0 fully saturated rings. The molecule has 2 unspecified atom stereocenters. The number of rotatable bonds is 9. The predicted molar refractivity (Wildman–Crippen MR) is 70.2 cm³/mol. The Balaban J connectivity index is 4.10. The van der Waals surface area contributed by atoms with Crippen LogP contribution in [0, 0.1) is 5.92 Å². The second kappa shape index (κ2) is 8.07. The highest BCUT2D eigenvalue weighted by molar-refractivity contribution is 7.91. The molecule has 0 aliphatic rings. The lowest BCUT2D eigenvalue weighted by atomic mass is 10.0. The molecule has 0 rings (SSSR count). The summed E-state index contributed by atoms with van der Waals surface area (Å²) in [7, 11) is -2.90. The molecule has 0 amide bonds. The van der Waals surface area contributed by atoms with E-state index in [4.69, 9.17) is 5.73 Å². The van der Waals surface area contributed by atoms with E-state index < -0.39 is 9.84 Å². The predicted octanol–water partition coefficient (Wildman–Crippen LogP) is 2.35. The van der Waals surface area contributed by atoms with Gasteiger partial charge in [0.15, 0.2) is 9.84 Å². The molecule has 4 heteroatoms.